The lowest BCUT2D eigenvalue weighted by molar-refractivity contribution is -0.122. The number of hydrogen-bond donors (Lipinski definition) is 2. The maximum absolute atomic E-state index is 13.4. The van der Waals surface area contributed by atoms with Crippen molar-refractivity contribution in [1.29, 1.82) is 0 Å². The van der Waals surface area contributed by atoms with E-state index < -0.39 is 0 Å². The Balaban J connectivity index is 0.00000108. The van der Waals surface area contributed by atoms with Gasteiger partial charge >= 0.3 is 0 Å². The lowest BCUT2D eigenvalue weighted by Gasteiger charge is -2.42. The minimum Gasteiger partial charge on any atom is -0.483 e. The highest BCUT2D eigenvalue weighted by molar-refractivity contribution is 6.07. The Morgan fingerprint density at radius 3 is 2.71 bits per heavy atom. The molecule has 3 aliphatic rings. The molecular formula is C31H35N7O3. The first kappa shape index (κ1) is 28.3. The standard InChI is InChI=1S/C30H33N7O.CH2O2/c1-19(2)37-8-7-36(17-20(37)3)18-25-5-4-6-27(34-25)30(38)35-28-11-21(9-23-12-31-15-26(23)28)22-10-24-13-32-16-29(24)33-14-22;2-1-3/h4-6,9-11,13-15,19-20H,7-8,12,16-18H2,1-3H3,(H,35,38);1H,(H,2,3). The zero-order chi connectivity index (χ0) is 28.9. The van der Waals surface area contributed by atoms with Crippen LogP contribution in [0.3, 0.4) is 0 Å². The van der Waals surface area contributed by atoms with Crippen LogP contribution in [-0.2, 0) is 24.4 Å². The summed E-state index contributed by atoms with van der Waals surface area (Å²) >= 11 is 0. The third kappa shape index (κ3) is 6.39. The Bertz CT molecular complexity index is 1500. The number of nitrogens with one attached hydrogen (secondary N) is 1. The number of fused-ring (bicyclic) bond motifs is 2. The van der Waals surface area contributed by atoms with Crippen molar-refractivity contribution in [1.82, 2.24) is 19.8 Å². The fraction of sp³-hybridized carbons (Fsp3) is 0.355. The molecule has 1 fully saturated rings. The van der Waals surface area contributed by atoms with Crippen LogP contribution >= 0.6 is 0 Å². The quantitative estimate of drug-likeness (QED) is 0.444. The molecule has 0 bridgehead atoms. The van der Waals surface area contributed by atoms with Crippen LogP contribution in [0.4, 0.5) is 5.69 Å². The van der Waals surface area contributed by atoms with E-state index in [2.05, 4.69) is 63.0 Å². The summed E-state index contributed by atoms with van der Waals surface area (Å²) < 4.78 is 0. The zero-order valence-electron chi connectivity index (χ0n) is 23.6. The van der Waals surface area contributed by atoms with Gasteiger partial charge in [-0.3, -0.25) is 34.4 Å². The first-order valence-electron chi connectivity index (χ1n) is 13.9. The molecule has 10 nitrogen and oxygen atoms in total. The number of carbonyl (C=O) groups is 2. The Kier molecular flexibility index (Phi) is 8.61. The summed E-state index contributed by atoms with van der Waals surface area (Å²) in [5.41, 5.74) is 8.14. The molecule has 2 aromatic heterocycles. The van der Waals surface area contributed by atoms with Crippen molar-refractivity contribution < 1.29 is 14.7 Å². The molecule has 3 aliphatic heterocycles. The molecule has 1 atom stereocenters. The Hall–Kier alpha value is -4.28. The van der Waals surface area contributed by atoms with Gasteiger partial charge in [-0.1, -0.05) is 6.07 Å². The van der Waals surface area contributed by atoms with Crippen molar-refractivity contribution in [3.05, 3.63) is 76.4 Å². The van der Waals surface area contributed by atoms with Crippen molar-refractivity contribution >= 4 is 30.5 Å². The van der Waals surface area contributed by atoms with Crippen LogP contribution in [0.25, 0.3) is 11.1 Å². The van der Waals surface area contributed by atoms with Crippen LogP contribution in [0.5, 0.6) is 0 Å². The largest absolute Gasteiger partial charge is 0.483 e. The van der Waals surface area contributed by atoms with Gasteiger partial charge in [0.05, 0.1) is 30.2 Å². The van der Waals surface area contributed by atoms with E-state index >= 15 is 0 Å². The van der Waals surface area contributed by atoms with Crippen LogP contribution < -0.4 is 5.32 Å². The predicted octanol–water partition coefficient (Wildman–Crippen LogP) is 3.88. The minimum atomic E-state index is -0.250. The molecule has 6 rings (SSSR count). The van der Waals surface area contributed by atoms with Crippen LogP contribution in [0.15, 0.2) is 52.6 Å². The highest BCUT2D eigenvalue weighted by Gasteiger charge is 2.26. The lowest BCUT2D eigenvalue weighted by Crippen LogP contribution is -2.53. The normalized spacial score (nSPS) is 17.6. The third-order valence-electron chi connectivity index (χ3n) is 7.66. The molecule has 0 spiro atoms. The fourth-order valence-electron chi connectivity index (χ4n) is 5.71. The maximum atomic E-state index is 13.4. The molecule has 3 aromatic rings. The first-order valence-corrected chi connectivity index (χ1v) is 13.9. The van der Waals surface area contributed by atoms with E-state index in [1.165, 1.54) is 0 Å². The summed E-state index contributed by atoms with van der Waals surface area (Å²) in [7, 11) is 0. The van der Waals surface area contributed by atoms with Crippen molar-refractivity contribution in [2.75, 3.05) is 25.0 Å². The van der Waals surface area contributed by atoms with Gasteiger partial charge in [-0.25, -0.2) is 4.98 Å². The van der Waals surface area contributed by atoms with Crippen LogP contribution in [0.1, 0.15) is 59.3 Å². The molecule has 0 aliphatic carbocycles. The van der Waals surface area contributed by atoms with Gasteiger partial charge in [0.2, 0.25) is 0 Å². The predicted molar refractivity (Wildman–Crippen MR) is 160 cm³/mol. The summed E-state index contributed by atoms with van der Waals surface area (Å²) in [6.07, 6.45) is 5.59. The molecular weight excluding hydrogens is 518 g/mol. The van der Waals surface area contributed by atoms with Crippen molar-refractivity contribution in [3.8, 4) is 11.1 Å². The molecule has 0 radical (unpaired) electrons. The van der Waals surface area contributed by atoms with Crippen molar-refractivity contribution in [2.24, 2.45) is 9.98 Å². The van der Waals surface area contributed by atoms with E-state index in [0.717, 1.165) is 71.1 Å². The monoisotopic (exact) mass is 553 g/mol. The Morgan fingerprint density at radius 2 is 1.93 bits per heavy atom. The molecule has 1 unspecified atom stereocenters. The van der Waals surface area contributed by atoms with E-state index in [1.54, 1.807) is 6.07 Å². The summed E-state index contributed by atoms with van der Waals surface area (Å²) in [6.45, 7) is 11.6. The molecule has 1 saturated heterocycles. The highest BCUT2D eigenvalue weighted by Crippen LogP contribution is 2.32. The minimum absolute atomic E-state index is 0.219. The number of amides is 1. The number of carboxylic acid groups (broad SMARTS) is 1. The van der Waals surface area contributed by atoms with Gasteiger partial charge in [0.1, 0.15) is 5.69 Å². The smallest absolute Gasteiger partial charge is 0.290 e. The van der Waals surface area contributed by atoms with Crippen LogP contribution in [-0.4, -0.2) is 81.4 Å². The summed E-state index contributed by atoms with van der Waals surface area (Å²) in [6, 6.07) is 13.0. The number of aromatic nitrogens is 2. The van der Waals surface area contributed by atoms with Crippen molar-refractivity contribution in [2.45, 2.75) is 52.5 Å². The number of benzene rings is 1. The van der Waals surface area contributed by atoms with Gasteiger partial charge in [0.15, 0.2) is 0 Å². The van der Waals surface area contributed by atoms with E-state index in [1.807, 2.05) is 36.8 Å². The van der Waals surface area contributed by atoms with Crippen LogP contribution in [0, 0.1) is 0 Å². The van der Waals surface area contributed by atoms with Crippen molar-refractivity contribution in [3.63, 3.8) is 0 Å². The second-order valence-electron chi connectivity index (χ2n) is 10.8. The molecule has 2 N–H and O–H groups in total. The van der Waals surface area contributed by atoms with E-state index in [0.29, 0.717) is 30.9 Å². The van der Waals surface area contributed by atoms with E-state index in [4.69, 9.17) is 14.9 Å². The molecule has 5 heterocycles. The first-order chi connectivity index (χ1) is 19.9. The average molecular weight is 554 g/mol. The van der Waals surface area contributed by atoms with Gasteiger partial charge in [-0.05, 0) is 62.2 Å². The molecule has 1 amide bonds. The number of hydrogen-bond acceptors (Lipinski definition) is 8. The van der Waals surface area contributed by atoms with E-state index in [-0.39, 0.29) is 12.4 Å². The summed E-state index contributed by atoms with van der Waals surface area (Å²) in [4.78, 5) is 44.8. The molecule has 212 valence electrons. The lowest BCUT2D eigenvalue weighted by atomic mass is 9.98. The second kappa shape index (κ2) is 12.5. The molecule has 1 aromatic carbocycles. The number of piperazine rings is 1. The zero-order valence-corrected chi connectivity index (χ0v) is 23.6. The van der Waals surface area contributed by atoms with Gasteiger partial charge < -0.3 is 10.4 Å². The number of rotatable bonds is 6. The number of carbonyl (C=O) groups excluding carboxylic acids is 1. The number of nitrogens with zero attached hydrogens (tertiary/aromatic N) is 6. The van der Waals surface area contributed by atoms with Gasteiger partial charge in [0, 0.05) is 73.6 Å². The fourth-order valence-corrected chi connectivity index (χ4v) is 5.71. The highest BCUT2D eigenvalue weighted by atomic mass is 16.3. The SMILES string of the molecule is CC(C)N1CCN(Cc2cccc(C(=O)Nc3cc(-c4cnc5c(c4)C=NC5)cc4c3C=NC4)n2)CC1C.O=CO. The van der Waals surface area contributed by atoms with Gasteiger partial charge in [-0.15, -0.1) is 0 Å². The Morgan fingerprint density at radius 1 is 1.12 bits per heavy atom. The second-order valence-corrected chi connectivity index (χ2v) is 10.8. The topological polar surface area (TPSA) is 123 Å². The molecule has 10 heteroatoms. The maximum Gasteiger partial charge on any atom is 0.290 e. The molecule has 0 saturated carbocycles. The number of aliphatic imine (C=N–C) groups is 2. The third-order valence-corrected chi connectivity index (χ3v) is 7.66. The number of anilines is 1. The summed E-state index contributed by atoms with van der Waals surface area (Å²) in [5, 5.41) is 10.0. The summed E-state index contributed by atoms with van der Waals surface area (Å²) in [5.74, 6) is -0.219. The van der Waals surface area contributed by atoms with Crippen LogP contribution in [0.2, 0.25) is 0 Å². The van der Waals surface area contributed by atoms with Gasteiger partial charge in [0.25, 0.3) is 12.4 Å². The van der Waals surface area contributed by atoms with Gasteiger partial charge in [-0.2, -0.15) is 0 Å². The average Bonchev–Trinajstić information content (AvgIpc) is 3.63. The molecule has 41 heavy (non-hydrogen) atoms. The van der Waals surface area contributed by atoms with E-state index in [9.17, 15) is 4.79 Å². The number of pyridine rings is 2. The Labute approximate surface area is 239 Å².